The van der Waals surface area contributed by atoms with Crippen molar-refractivity contribution in [3.63, 3.8) is 0 Å². The molecule has 5 atom stereocenters. The summed E-state index contributed by atoms with van der Waals surface area (Å²) in [6, 6.07) is -4.30. The molecule has 0 aliphatic rings. The molecule has 3 amide bonds. The maximum atomic E-state index is 13.0. The van der Waals surface area contributed by atoms with Crippen molar-refractivity contribution in [2.24, 2.45) is 23.5 Å². The minimum atomic E-state index is -1.29. The zero-order valence-corrected chi connectivity index (χ0v) is 20.4. The summed E-state index contributed by atoms with van der Waals surface area (Å²) in [5.41, 5.74) is 5.92. The lowest BCUT2D eigenvalue weighted by molar-refractivity contribution is -0.144. The van der Waals surface area contributed by atoms with E-state index in [4.69, 9.17) is 10.8 Å². The number of nitrogens with one attached hydrogen (secondary N) is 3. The van der Waals surface area contributed by atoms with Crippen LogP contribution in [0.5, 0.6) is 0 Å². The molecule has 0 aromatic heterocycles. The Hall–Kier alpha value is -2.69. The average molecular weight is 473 g/mol. The lowest BCUT2D eigenvalue weighted by Crippen LogP contribution is -2.59. The van der Waals surface area contributed by atoms with E-state index in [1.165, 1.54) is 0 Å². The van der Waals surface area contributed by atoms with Crippen molar-refractivity contribution in [2.75, 3.05) is 0 Å². The van der Waals surface area contributed by atoms with Gasteiger partial charge in [-0.15, -0.1) is 0 Å². The van der Waals surface area contributed by atoms with E-state index in [0.717, 1.165) is 0 Å². The van der Waals surface area contributed by atoms with Crippen LogP contribution in [0.4, 0.5) is 0 Å². The molecule has 0 fully saturated rings. The van der Waals surface area contributed by atoms with Gasteiger partial charge in [0.25, 0.3) is 0 Å². The standard InChI is InChI=1S/C22H40N4O7/c1-7-13(6)18(26-19(29)14(23)10-11(2)3)21(31)24-15(8-9-16(27)28)20(30)25-17(12(4)5)22(32)33/h11-15,17-18H,7-10,23H2,1-6H3,(H,24,31)(H,25,30)(H,26,29)(H,27,28)(H,32,33). The Morgan fingerprint density at radius 2 is 1.36 bits per heavy atom. The van der Waals surface area contributed by atoms with Crippen molar-refractivity contribution in [1.82, 2.24) is 16.0 Å². The first-order valence-electron chi connectivity index (χ1n) is 11.3. The fourth-order valence-corrected chi connectivity index (χ4v) is 3.14. The summed E-state index contributed by atoms with van der Waals surface area (Å²) in [4.78, 5) is 60.7. The highest BCUT2D eigenvalue weighted by Crippen LogP contribution is 2.11. The van der Waals surface area contributed by atoms with Crippen molar-refractivity contribution in [3.8, 4) is 0 Å². The van der Waals surface area contributed by atoms with Gasteiger partial charge in [-0.25, -0.2) is 4.79 Å². The van der Waals surface area contributed by atoms with Crippen LogP contribution in [-0.2, 0) is 24.0 Å². The molecule has 0 spiro atoms. The van der Waals surface area contributed by atoms with Gasteiger partial charge in [-0.1, -0.05) is 48.0 Å². The van der Waals surface area contributed by atoms with Gasteiger partial charge in [-0.05, 0) is 30.6 Å². The Balaban J connectivity index is 5.61. The van der Waals surface area contributed by atoms with Crippen LogP contribution in [0.1, 0.15) is 67.2 Å². The second-order valence-corrected chi connectivity index (χ2v) is 9.17. The van der Waals surface area contributed by atoms with Crippen molar-refractivity contribution >= 4 is 29.7 Å². The number of hydrogen-bond acceptors (Lipinski definition) is 6. The molecular weight excluding hydrogens is 432 g/mol. The van der Waals surface area contributed by atoms with Crippen LogP contribution in [0.15, 0.2) is 0 Å². The van der Waals surface area contributed by atoms with Crippen LogP contribution < -0.4 is 21.7 Å². The molecule has 0 saturated heterocycles. The summed E-state index contributed by atoms with van der Waals surface area (Å²) in [7, 11) is 0. The van der Waals surface area contributed by atoms with E-state index in [-0.39, 0.29) is 18.3 Å². The molecule has 33 heavy (non-hydrogen) atoms. The number of hydrogen-bond donors (Lipinski definition) is 6. The van der Waals surface area contributed by atoms with Crippen LogP contribution >= 0.6 is 0 Å². The summed E-state index contributed by atoms with van der Waals surface area (Å²) in [6.45, 7) is 10.6. The molecule has 0 aliphatic heterocycles. The zero-order valence-electron chi connectivity index (χ0n) is 20.4. The van der Waals surface area contributed by atoms with E-state index in [2.05, 4.69) is 16.0 Å². The number of carbonyl (C=O) groups excluding carboxylic acids is 3. The molecule has 0 aromatic carbocycles. The summed E-state index contributed by atoms with van der Waals surface area (Å²) in [5, 5.41) is 25.8. The Kier molecular flexibility index (Phi) is 13.3. The summed E-state index contributed by atoms with van der Waals surface area (Å²) >= 11 is 0. The van der Waals surface area contributed by atoms with Crippen LogP contribution in [0.25, 0.3) is 0 Å². The summed E-state index contributed by atoms with van der Waals surface area (Å²) in [5.74, 6) is -4.96. The van der Waals surface area contributed by atoms with E-state index in [1.54, 1.807) is 20.8 Å². The SMILES string of the molecule is CCC(C)C(NC(=O)C(N)CC(C)C)C(=O)NC(CCC(=O)O)C(=O)NC(C(=O)O)C(C)C. The molecule has 0 saturated carbocycles. The predicted octanol–water partition coefficient (Wildman–Crippen LogP) is 0.466. The van der Waals surface area contributed by atoms with E-state index in [1.807, 2.05) is 20.8 Å². The number of carbonyl (C=O) groups is 5. The van der Waals surface area contributed by atoms with Crippen molar-refractivity contribution in [1.29, 1.82) is 0 Å². The van der Waals surface area contributed by atoms with Gasteiger partial charge < -0.3 is 31.9 Å². The predicted molar refractivity (Wildman–Crippen MR) is 122 cm³/mol. The van der Waals surface area contributed by atoms with Gasteiger partial charge in [0.1, 0.15) is 18.1 Å². The smallest absolute Gasteiger partial charge is 0.326 e. The largest absolute Gasteiger partial charge is 0.481 e. The molecule has 0 radical (unpaired) electrons. The molecule has 190 valence electrons. The minimum Gasteiger partial charge on any atom is -0.481 e. The number of carboxylic acids is 2. The van der Waals surface area contributed by atoms with Gasteiger partial charge in [0.05, 0.1) is 6.04 Å². The maximum Gasteiger partial charge on any atom is 0.326 e. The fourth-order valence-electron chi connectivity index (χ4n) is 3.14. The number of rotatable bonds is 15. The van der Waals surface area contributed by atoms with Crippen LogP contribution in [0.3, 0.4) is 0 Å². The molecule has 7 N–H and O–H groups in total. The minimum absolute atomic E-state index is 0.175. The molecule has 0 bridgehead atoms. The number of aliphatic carboxylic acids is 2. The lowest BCUT2D eigenvalue weighted by atomic mass is 9.96. The first-order chi connectivity index (χ1) is 15.2. The Morgan fingerprint density at radius 3 is 1.79 bits per heavy atom. The van der Waals surface area contributed by atoms with E-state index >= 15 is 0 Å². The van der Waals surface area contributed by atoms with Crippen LogP contribution in [0.2, 0.25) is 0 Å². The van der Waals surface area contributed by atoms with Crippen molar-refractivity contribution in [3.05, 3.63) is 0 Å². The number of amides is 3. The maximum absolute atomic E-state index is 13.0. The zero-order chi connectivity index (χ0) is 25.9. The third kappa shape index (κ3) is 11.1. The highest BCUT2D eigenvalue weighted by Gasteiger charge is 2.33. The van der Waals surface area contributed by atoms with E-state index in [9.17, 15) is 29.1 Å². The highest BCUT2D eigenvalue weighted by molar-refractivity contribution is 5.94. The van der Waals surface area contributed by atoms with Gasteiger partial charge >= 0.3 is 11.9 Å². The van der Waals surface area contributed by atoms with Crippen LogP contribution in [-0.4, -0.2) is 64.0 Å². The van der Waals surface area contributed by atoms with Gasteiger partial charge in [0, 0.05) is 6.42 Å². The molecule has 0 rings (SSSR count). The number of nitrogens with two attached hydrogens (primary N) is 1. The monoisotopic (exact) mass is 472 g/mol. The topological polar surface area (TPSA) is 188 Å². The van der Waals surface area contributed by atoms with Crippen molar-refractivity contribution in [2.45, 2.75) is 91.4 Å². The van der Waals surface area contributed by atoms with Crippen LogP contribution in [0, 0.1) is 17.8 Å². The van der Waals surface area contributed by atoms with Gasteiger partial charge in [-0.2, -0.15) is 0 Å². The summed E-state index contributed by atoms with van der Waals surface area (Å²) in [6.07, 6.45) is 0.303. The highest BCUT2D eigenvalue weighted by atomic mass is 16.4. The fraction of sp³-hybridized carbons (Fsp3) is 0.773. The molecule has 11 heteroatoms. The molecule has 11 nitrogen and oxygen atoms in total. The molecule has 0 heterocycles. The van der Waals surface area contributed by atoms with Gasteiger partial charge in [0.2, 0.25) is 17.7 Å². The second kappa shape index (κ2) is 14.5. The Morgan fingerprint density at radius 1 is 0.818 bits per heavy atom. The van der Waals surface area contributed by atoms with E-state index in [0.29, 0.717) is 12.8 Å². The van der Waals surface area contributed by atoms with Gasteiger partial charge in [-0.3, -0.25) is 19.2 Å². The molecular formula is C22H40N4O7. The third-order valence-electron chi connectivity index (χ3n) is 5.37. The normalized spacial score (nSPS) is 15.8. The van der Waals surface area contributed by atoms with Gasteiger partial charge in [0.15, 0.2) is 0 Å². The second-order valence-electron chi connectivity index (χ2n) is 9.17. The Labute approximate surface area is 195 Å². The number of carboxylic acid groups (broad SMARTS) is 2. The van der Waals surface area contributed by atoms with E-state index < -0.39 is 66.2 Å². The quantitative estimate of drug-likeness (QED) is 0.198. The third-order valence-corrected chi connectivity index (χ3v) is 5.37. The lowest BCUT2D eigenvalue weighted by Gasteiger charge is -2.28. The van der Waals surface area contributed by atoms with Crippen molar-refractivity contribution < 1.29 is 34.2 Å². The first-order valence-corrected chi connectivity index (χ1v) is 11.3. The Bertz CT molecular complexity index is 696. The molecule has 0 aliphatic carbocycles. The molecule has 0 aromatic rings. The first kappa shape index (κ1) is 30.3. The average Bonchev–Trinajstić information content (AvgIpc) is 2.70. The molecule has 5 unspecified atom stereocenters. The summed E-state index contributed by atoms with van der Waals surface area (Å²) < 4.78 is 0.